The van der Waals surface area contributed by atoms with E-state index in [4.69, 9.17) is 9.84 Å². The highest BCUT2D eigenvalue weighted by atomic mass is 35.5. The van der Waals surface area contributed by atoms with Gasteiger partial charge in [-0.15, -0.1) is 12.4 Å². The molecule has 2 aromatic carbocycles. The summed E-state index contributed by atoms with van der Waals surface area (Å²) in [5, 5.41) is 14.6. The first kappa shape index (κ1) is 21.5. The van der Waals surface area contributed by atoms with Crippen molar-refractivity contribution in [2.24, 2.45) is 0 Å². The van der Waals surface area contributed by atoms with Gasteiger partial charge in [0.2, 0.25) is 5.91 Å². The van der Waals surface area contributed by atoms with E-state index >= 15 is 0 Å². The molecule has 2 rings (SSSR count). The lowest BCUT2D eigenvalue weighted by molar-refractivity contribution is -0.139. The highest BCUT2D eigenvalue weighted by Gasteiger charge is 2.17. The molecule has 0 bridgehead atoms. The number of hydrogen-bond donors (Lipinski definition) is 3. The lowest BCUT2D eigenvalue weighted by Gasteiger charge is -2.15. The van der Waals surface area contributed by atoms with Crippen LogP contribution in [-0.4, -0.2) is 29.6 Å². The molecule has 1 unspecified atom stereocenters. The van der Waals surface area contributed by atoms with Crippen molar-refractivity contribution in [3.63, 3.8) is 0 Å². The molecule has 6 nitrogen and oxygen atoms in total. The molecule has 3 N–H and O–H groups in total. The number of para-hydroxylation sites is 3. The Morgan fingerprint density at radius 2 is 1.73 bits per heavy atom. The molecule has 0 saturated heterocycles. The fraction of sp³-hybridized carbons (Fsp3) is 0.263. The Hall–Kier alpha value is -2.57. The Bertz CT molecular complexity index is 710. The Morgan fingerprint density at radius 3 is 2.38 bits per heavy atom. The second-order valence-corrected chi connectivity index (χ2v) is 5.52. The lowest BCUT2D eigenvalue weighted by atomic mass is 10.1. The largest absolute Gasteiger partial charge is 0.480 e. The van der Waals surface area contributed by atoms with Gasteiger partial charge in [-0.1, -0.05) is 43.7 Å². The fourth-order valence-electron chi connectivity index (χ4n) is 2.29. The second-order valence-electron chi connectivity index (χ2n) is 5.52. The molecule has 0 aliphatic heterocycles. The third kappa shape index (κ3) is 6.74. The predicted molar refractivity (Wildman–Crippen MR) is 103 cm³/mol. The number of rotatable bonds is 9. The van der Waals surface area contributed by atoms with Gasteiger partial charge in [-0.2, -0.15) is 0 Å². The first-order chi connectivity index (χ1) is 12.1. The SMILES string of the molecule is CCCC(NCC(=O)Nc1ccccc1Oc1ccccc1)C(=O)O.Cl. The number of amides is 1. The Morgan fingerprint density at radius 1 is 1.08 bits per heavy atom. The van der Waals surface area contributed by atoms with Crippen LogP contribution >= 0.6 is 12.4 Å². The molecule has 0 fully saturated rings. The van der Waals surface area contributed by atoms with E-state index in [0.717, 1.165) is 6.42 Å². The average Bonchev–Trinajstić information content (AvgIpc) is 2.61. The van der Waals surface area contributed by atoms with Gasteiger partial charge in [0.15, 0.2) is 5.75 Å². The number of benzene rings is 2. The molecule has 1 amide bonds. The summed E-state index contributed by atoms with van der Waals surface area (Å²) in [6.45, 7) is 1.81. The summed E-state index contributed by atoms with van der Waals surface area (Å²) in [6.07, 6.45) is 1.19. The molecule has 140 valence electrons. The van der Waals surface area contributed by atoms with Gasteiger partial charge in [0.25, 0.3) is 0 Å². The quantitative estimate of drug-likeness (QED) is 0.619. The monoisotopic (exact) mass is 378 g/mol. The number of anilines is 1. The lowest BCUT2D eigenvalue weighted by Crippen LogP contribution is -2.41. The van der Waals surface area contributed by atoms with Crippen molar-refractivity contribution < 1.29 is 19.4 Å². The maximum absolute atomic E-state index is 12.1. The minimum Gasteiger partial charge on any atom is -0.480 e. The molecule has 0 heterocycles. The van der Waals surface area contributed by atoms with Crippen molar-refractivity contribution in [2.45, 2.75) is 25.8 Å². The maximum Gasteiger partial charge on any atom is 0.320 e. The molecule has 0 saturated carbocycles. The topological polar surface area (TPSA) is 87.7 Å². The molecule has 7 heteroatoms. The van der Waals surface area contributed by atoms with Crippen LogP contribution in [0.2, 0.25) is 0 Å². The van der Waals surface area contributed by atoms with E-state index in [1.807, 2.05) is 43.3 Å². The van der Waals surface area contributed by atoms with E-state index in [-0.39, 0.29) is 24.9 Å². The Balaban J connectivity index is 0.00000338. The van der Waals surface area contributed by atoms with Gasteiger partial charge in [-0.25, -0.2) is 0 Å². The number of carboxylic acid groups (broad SMARTS) is 1. The standard InChI is InChI=1S/C19H22N2O4.ClH/c1-2-8-16(19(23)24)20-13-18(22)21-15-11-6-7-12-17(15)25-14-9-4-3-5-10-14;/h3-7,9-12,16,20H,2,8,13H2,1H3,(H,21,22)(H,23,24);1H. The van der Waals surface area contributed by atoms with Crippen LogP contribution in [0.4, 0.5) is 5.69 Å². The first-order valence-corrected chi connectivity index (χ1v) is 8.18. The number of aliphatic carboxylic acids is 1. The van der Waals surface area contributed by atoms with Crippen molar-refractivity contribution in [2.75, 3.05) is 11.9 Å². The third-order valence-corrected chi connectivity index (χ3v) is 3.52. The number of hydrogen-bond acceptors (Lipinski definition) is 4. The van der Waals surface area contributed by atoms with Crippen LogP contribution < -0.4 is 15.4 Å². The van der Waals surface area contributed by atoms with Crippen LogP contribution in [-0.2, 0) is 9.59 Å². The summed E-state index contributed by atoms with van der Waals surface area (Å²) in [4.78, 5) is 23.2. The zero-order chi connectivity index (χ0) is 18.1. The molecular weight excluding hydrogens is 356 g/mol. The minimum absolute atomic E-state index is 0. The van der Waals surface area contributed by atoms with Crippen LogP contribution in [0.25, 0.3) is 0 Å². The van der Waals surface area contributed by atoms with Crippen molar-refractivity contribution >= 4 is 30.0 Å². The second kappa shape index (κ2) is 11.1. The molecule has 2 aromatic rings. The first-order valence-electron chi connectivity index (χ1n) is 8.18. The van der Waals surface area contributed by atoms with Crippen LogP contribution in [0.3, 0.4) is 0 Å². The normalized spacial score (nSPS) is 11.1. The molecule has 0 aliphatic rings. The van der Waals surface area contributed by atoms with Crippen molar-refractivity contribution in [1.82, 2.24) is 5.32 Å². The van der Waals surface area contributed by atoms with Crippen LogP contribution in [0.5, 0.6) is 11.5 Å². The van der Waals surface area contributed by atoms with Gasteiger partial charge in [0, 0.05) is 0 Å². The number of ether oxygens (including phenoxy) is 1. The zero-order valence-corrected chi connectivity index (χ0v) is 15.3. The van der Waals surface area contributed by atoms with E-state index < -0.39 is 12.0 Å². The fourth-order valence-corrected chi connectivity index (χ4v) is 2.29. The highest BCUT2D eigenvalue weighted by Crippen LogP contribution is 2.28. The van der Waals surface area contributed by atoms with Gasteiger partial charge in [-0.05, 0) is 30.7 Å². The average molecular weight is 379 g/mol. The molecule has 0 radical (unpaired) electrons. The van der Waals surface area contributed by atoms with Gasteiger partial charge in [0.1, 0.15) is 11.8 Å². The predicted octanol–water partition coefficient (Wildman–Crippen LogP) is 3.68. The minimum atomic E-state index is -0.956. The summed E-state index contributed by atoms with van der Waals surface area (Å²) in [7, 11) is 0. The van der Waals surface area contributed by atoms with Gasteiger partial charge >= 0.3 is 5.97 Å². The maximum atomic E-state index is 12.1. The number of carbonyl (C=O) groups is 2. The van der Waals surface area contributed by atoms with E-state index in [1.165, 1.54) is 0 Å². The Labute approximate surface area is 159 Å². The van der Waals surface area contributed by atoms with Crippen molar-refractivity contribution in [3.05, 3.63) is 54.6 Å². The van der Waals surface area contributed by atoms with E-state index in [9.17, 15) is 9.59 Å². The molecule has 0 aliphatic carbocycles. The Kier molecular flexibility index (Phi) is 9.19. The van der Waals surface area contributed by atoms with Crippen molar-refractivity contribution in [1.29, 1.82) is 0 Å². The van der Waals surface area contributed by atoms with Crippen LogP contribution in [0.1, 0.15) is 19.8 Å². The smallest absolute Gasteiger partial charge is 0.320 e. The van der Waals surface area contributed by atoms with Crippen LogP contribution in [0.15, 0.2) is 54.6 Å². The highest BCUT2D eigenvalue weighted by molar-refractivity contribution is 5.94. The summed E-state index contributed by atoms with van der Waals surface area (Å²) < 4.78 is 5.78. The molecule has 26 heavy (non-hydrogen) atoms. The van der Waals surface area contributed by atoms with E-state index in [0.29, 0.717) is 23.6 Å². The van der Waals surface area contributed by atoms with Gasteiger partial charge < -0.3 is 15.2 Å². The van der Waals surface area contributed by atoms with E-state index in [2.05, 4.69) is 10.6 Å². The zero-order valence-electron chi connectivity index (χ0n) is 14.5. The van der Waals surface area contributed by atoms with Crippen LogP contribution in [0, 0.1) is 0 Å². The third-order valence-electron chi connectivity index (χ3n) is 3.52. The number of carbonyl (C=O) groups excluding carboxylic acids is 1. The molecule has 1 atom stereocenters. The molecule has 0 aromatic heterocycles. The number of carboxylic acids is 1. The van der Waals surface area contributed by atoms with Gasteiger partial charge in [0.05, 0.1) is 12.2 Å². The summed E-state index contributed by atoms with van der Waals surface area (Å²) in [5.74, 6) is -0.101. The number of halogens is 1. The van der Waals surface area contributed by atoms with Gasteiger partial charge in [-0.3, -0.25) is 14.9 Å². The number of nitrogens with one attached hydrogen (secondary N) is 2. The molecule has 0 spiro atoms. The van der Waals surface area contributed by atoms with E-state index in [1.54, 1.807) is 18.2 Å². The summed E-state index contributed by atoms with van der Waals surface area (Å²) in [6, 6.07) is 15.6. The van der Waals surface area contributed by atoms with Crippen molar-refractivity contribution in [3.8, 4) is 11.5 Å². The summed E-state index contributed by atoms with van der Waals surface area (Å²) in [5.41, 5.74) is 0.528. The summed E-state index contributed by atoms with van der Waals surface area (Å²) >= 11 is 0. The molecular formula is C19H23ClN2O4.